The van der Waals surface area contributed by atoms with Gasteiger partial charge in [-0.3, -0.25) is 4.90 Å². The molecule has 0 aromatic carbocycles. The summed E-state index contributed by atoms with van der Waals surface area (Å²) < 4.78 is 0. The summed E-state index contributed by atoms with van der Waals surface area (Å²) in [6.07, 6.45) is 11.6. The number of piperazine rings is 2. The van der Waals surface area contributed by atoms with Crippen molar-refractivity contribution in [3.8, 4) is 0 Å². The minimum Gasteiger partial charge on any atom is -0.304 e. The van der Waals surface area contributed by atoms with Crippen LogP contribution in [0.3, 0.4) is 0 Å². The van der Waals surface area contributed by atoms with Gasteiger partial charge in [-0.15, -0.1) is 0 Å². The van der Waals surface area contributed by atoms with Gasteiger partial charge in [0.1, 0.15) is 0 Å². The minimum atomic E-state index is 0.921. The van der Waals surface area contributed by atoms with Crippen molar-refractivity contribution in [1.82, 2.24) is 19.6 Å². The summed E-state index contributed by atoms with van der Waals surface area (Å²) >= 11 is 0. The van der Waals surface area contributed by atoms with Gasteiger partial charge in [-0.1, -0.05) is 25.7 Å². The van der Waals surface area contributed by atoms with Gasteiger partial charge in [0.2, 0.25) is 0 Å². The molecule has 0 spiro atoms. The molecule has 4 nitrogen and oxygen atoms in total. The fourth-order valence-electron chi connectivity index (χ4n) is 4.72. The van der Waals surface area contributed by atoms with E-state index in [-0.39, 0.29) is 0 Å². The van der Waals surface area contributed by atoms with E-state index in [9.17, 15) is 0 Å². The van der Waals surface area contributed by atoms with Gasteiger partial charge >= 0.3 is 0 Å². The monoisotopic (exact) mass is 336 g/mol. The first-order chi connectivity index (χ1) is 11.8. The Morgan fingerprint density at radius 2 is 1.17 bits per heavy atom. The molecule has 4 heteroatoms. The van der Waals surface area contributed by atoms with E-state index >= 15 is 0 Å². The standard InChI is InChI=1S/C20H40N4/c1-21-12-14-22(15-13-21)10-6-3-7-11-23-16-18-24(19-17-23)20-8-4-2-5-9-20/h20H,2-19H2,1H3. The van der Waals surface area contributed by atoms with Crippen LogP contribution in [0.1, 0.15) is 51.4 Å². The van der Waals surface area contributed by atoms with Crippen LogP contribution in [0.2, 0.25) is 0 Å². The first-order valence-corrected chi connectivity index (χ1v) is 10.7. The summed E-state index contributed by atoms with van der Waals surface area (Å²) in [5.74, 6) is 0. The van der Waals surface area contributed by atoms with E-state index in [1.165, 1.54) is 117 Å². The van der Waals surface area contributed by atoms with Gasteiger partial charge in [0.15, 0.2) is 0 Å². The van der Waals surface area contributed by atoms with Crippen molar-refractivity contribution in [2.75, 3.05) is 72.5 Å². The number of rotatable bonds is 7. The van der Waals surface area contributed by atoms with Crippen molar-refractivity contribution < 1.29 is 0 Å². The van der Waals surface area contributed by atoms with E-state index in [0.29, 0.717) is 0 Å². The van der Waals surface area contributed by atoms with Crippen LogP contribution in [0, 0.1) is 0 Å². The molecule has 0 amide bonds. The fourth-order valence-corrected chi connectivity index (χ4v) is 4.72. The van der Waals surface area contributed by atoms with Crippen LogP contribution in [0.4, 0.5) is 0 Å². The smallest absolute Gasteiger partial charge is 0.0113 e. The molecule has 1 saturated carbocycles. The van der Waals surface area contributed by atoms with Crippen LogP contribution >= 0.6 is 0 Å². The summed E-state index contributed by atoms with van der Waals surface area (Å²) in [4.78, 5) is 10.6. The van der Waals surface area contributed by atoms with Crippen molar-refractivity contribution in [1.29, 1.82) is 0 Å². The van der Waals surface area contributed by atoms with Crippen LogP contribution in [-0.4, -0.2) is 98.1 Å². The number of hydrogen-bond donors (Lipinski definition) is 0. The maximum absolute atomic E-state index is 2.79. The van der Waals surface area contributed by atoms with Gasteiger partial charge < -0.3 is 14.7 Å². The van der Waals surface area contributed by atoms with Crippen LogP contribution < -0.4 is 0 Å². The second-order valence-corrected chi connectivity index (χ2v) is 8.38. The highest BCUT2D eigenvalue weighted by atomic mass is 15.3. The Bertz CT molecular complexity index is 327. The Kier molecular flexibility index (Phi) is 7.84. The Morgan fingerprint density at radius 1 is 0.625 bits per heavy atom. The molecule has 24 heavy (non-hydrogen) atoms. The Morgan fingerprint density at radius 3 is 1.75 bits per heavy atom. The molecule has 3 rings (SSSR count). The number of likely N-dealkylation sites (N-methyl/N-ethyl adjacent to an activating group) is 1. The summed E-state index contributed by atoms with van der Waals surface area (Å²) in [6.45, 7) is 13.0. The van der Waals surface area contributed by atoms with Crippen molar-refractivity contribution in [3.63, 3.8) is 0 Å². The second-order valence-electron chi connectivity index (χ2n) is 8.38. The summed E-state index contributed by atoms with van der Waals surface area (Å²) in [7, 11) is 2.24. The van der Waals surface area contributed by atoms with Crippen LogP contribution in [0.15, 0.2) is 0 Å². The molecule has 2 heterocycles. The Labute approximate surface area is 150 Å². The van der Waals surface area contributed by atoms with Crippen LogP contribution in [0.25, 0.3) is 0 Å². The first kappa shape index (κ1) is 18.6. The van der Waals surface area contributed by atoms with Crippen molar-refractivity contribution in [2.45, 2.75) is 57.4 Å². The minimum absolute atomic E-state index is 0.921. The summed E-state index contributed by atoms with van der Waals surface area (Å²) in [5.41, 5.74) is 0. The SMILES string of the molecule is CN1CCN(CCCCCN2CCN(C3CCCCC3)CC2)CC1. The third-order valence-corrected chi connectivity index (χ3v) is 6.54. The van der Waals surface area contributed by atoms with Gasteiger partial charge in [0.25, 0.3) is 0 Å². The zero-order valence-electron chi connectivity index (χ0n) is 16.1. The van der Waals surface area contributed by atoms with Gasteiger partial charge in [0, 0.05) is 58.4 Å². The molecule has 0 aromatic rings. The average Bonchev–Trinajstić information content (AvgIpc) is 2.64. The normalized spacial score (nSPS) is 26.9. The number of hydrogen-bond acceptors (Lipinski definition) is 4. The molecule has 3 fully saturated rings. The highest BCUT2D eigenvalue weighted by molar-refractivity contribution is 4.80. The first-order valence-electron chi connectivity index (χ1n) is 10.7. The van der Waals surface area contributed by atoms with E-state index in [1.54, 1.807) is 0 Å². The zero-order valence-corrected chi connectivity index (χ0v) is 16.1. The molecule has 0 aromatic heterocycles. The van der Waals surface area contributed by atoms with Crippen molar-refractivity contribution in [3.05, 3.63) is 0 Å². The molecule has 3 aliphatic rings. The number of nitrogens with zero attached hydrogens (tertiary/aromatic N) is 4. The highest BCUT2D eigenvalue weighted by Crippen LogP contribution is 2.23. The molecule has 0 atom stereocenters. The molecule has 140 valence electrons. The third-order valence-electron chi connectivity index (χ3n) is 6.54. The van der Waals surface area contributed by atoms with Gasteiger partial charge in [-0.2, -0.15) is 0 Å². The topological polar surface area (TPSA) is 13.0 Å². The molecule has 0 radical (unpaired) electrons. The molecular weight excluding hydrogens is 296 g/mol. The largest absolute Gasteiger partial charge is 0.304 e. The molecule has 2 saturated heterocycles. The predicted molar refractivity (Wildman–Crippen MR) is 103 cm³/mol. The lowest BCUT2D eigenvalue weighted by molar-refractivity contribution is 0.0778. The molecule has 2 aliphatic heterocycles. The molecule has 1 aliphatic carbocycles. The Hall–Kier alpha value is -0.160. The Balaban J connectivity index is 1.20. The summed E-state index contributed by atoms with van der Waals surface area (Å²) in [6, 6.07) is 0.921. The van der Waals surface area contributed by atoms with Crippen LogP contribution in [0.5, 0.6) is 0 Å². The number of unbranched alkanes of at least 4 members (excludes halogenated alkanes) is 2. The van der Waals surface area contributed by atoms with Crippen molar-refractivity contribution >= 4 is 0 Å². The lowest BCUT2D eigenvalue weighted by atomic mass is 9.94. The van der Waals surface area contributed by atoms with E-state index in [1.807, 2.05) is 0 Å². The van der Waals surface area contributed by atoms with E-state index < -0.39 is 0 Å². The highest BCUT2D eigenvalue weighted by Gasteiger charge is 2.24. The van der Waals surface area contributed by atoms with Gasteiger partial charge in [-0.05, 0) is 45.8 Å². The predicted octanol–water partition coefficient (Wildman–Crippen LogP) is 2.35. The van der Waals surface area contributed by atoms with Gasteiger partial charge in [-0.25, -0.2) is 0 Å². The molecular formula is C20H40N4. The van der Waals surface area contributed by atoms with E-state index in [4.69, 9.17) is 0 Å². The lowest BCUT2D eigenvalue weighted by Gasteiger charge is -2.40. The maximum Gasteiger partial charge on any atom is 0.0113 e. The summed E-state index contributed by atoms with van der Waals surface area (Å²) in [5, 5.41) is 0. The maximum atomic E-state index is 2.79. The molecule has 0 bridgehead atoms. The lowest BCUT2D eigenvalue weighted by Crippen LogP contribution is -2.50. The molecule has 0 unspecified atom stereocenters. The van der Waals surface area contributed by atoms with Crippen LogP contribution in [-0.2, 0) is 0 Å². The quantitative estimate of drug-likeness (QED) is 0.662. The average molecular weight is 337 g/mol. The molecule has 0 N–H and O–H groups in total. The van der Waals surface area contributed by atoms with E-state index in [0.717, 1.165) is 6.04 Å². The van der Waals surface area contributed by atoms with Crippen molar-refractivity contribution in [2.24, 2.45) is 0 Å². The second kappa shape index (κ2) is 10.1. The van der Waals surface area contributed by atoms with E-state index in [2.05, 4.69) is 26.6 Å². The fraction of sp³-hybridized carbons (Fsp3) is 1.00. The third kappa shape index (κ3) is 5.98. The van der Waals surface area contributed by atoms with Gasteiger partial charge in [0.05, 0.1) is 0 Å². The zero-order chi connectivity index (χ0) is 16.6.